The van der Waals surface area contributed by atoms with Gasteiger partial charge in [0.25, 0.3) is 0 Å². The molecule has 1 aromatic rings. The lowest BCUT2D eigenvalue weighted by atomic mass is 10.2. The minimum absolute atomic E-state index is 0.119. The Bertz CT molecular complexity index is 233. The third kappa shape index (κ3) is 2.27. The molecule has 58 valence electrons. The molecule has 0 atom stereocenters. The van der Waals surface area contributed by atoms with Crippen LogP contribution in [0.5, 0.6) is 0 Å². The summed E-state index contributed by atoms with van der Waals surface area (Å²) in [6.45, 7) is 0. The van der Waals surface area contributed by atoms with E-state index in [4.69, 9.17) is 0 Å². The molecule has 0 radical (unpaired) electrons. The number of hydrogen-bond donors (Lipinski definition) is 1. The van der Waals surface area contributed by atoms with Gasteiger partial charge in [0, 0.05) is 0 Å². The Labute approximate surface area is 70.6 Å². The van der Waals surface area contributed by atoms with Crippen molar-refractivity contribution in [3.8, 4) is 0 Å². The molecule has 0 N–H and O–H groups in total. The molecule has 2 nitrogen and oxygen atoms in total. The second-order valence-electron chi connectivity index (χ2n) is 1.93. The van der Waals surface area contributed by atoms with Gasteiger partial charge in [0.05, 0.1) is 5.56 Å². The molecule has 0 fully saturated rings. The molecule has 0 aliphatic rings. The number of thiol groups is 1. The van der Waals surface area contributed by atoms with Crippen LogP contribution in [0.25, 0.3) is 0 Å². The molecule has 0 spiro atoms. The molecule has 0 aliphatic carbocycles. The van der Waals surface area contributed by atoms with Crippen LogP contribution in [-0.4, -0.2) is 11.9 Å². The van der Waals surface area contributed by atoms with E-state index in [-0.39, 0.29) is 11.9 Å². The number of carbonyl (C=O) groups is 1. The Morgan fingerprint density at radius 1 is 1.36 bits per heavy atom. The highest BCUT2D eigenvalue weighted by Crippen LogP contribution is 2.00. The maximum Gasteiger partial charge on any atom is 0.338 e. The second-order valence-corrected chi connectivity index (χ2v) is 2.19. The molecule has 0 heterocycles. The minimum Gasteiger partial charge on any atom is -0.451 e. The Hall–Kier alpha value is -0.960. The summed E-state index contributed by atoms with van der Waals surface area (Å²) in [4.78, 5) is 11.0. The van der Waals surface area contributed by atoms with Gasteiger partial charge in [-0.2, -0.15) is 0 Å². The van der Waals surface area contributed by atoms with Gasteiger partial charge in [-0.1, -0.05) is 18.2 Å². The molecule has 0 saturated heterocycles. The van der Waals surface area contributed by atoms with Gasteiger partial charge in [-0.3, -0.25) is 0 Å². The first kappa shape index (κ1) is 8.14. The number of benzene rings is 1. The summed E-state index contributed by atoms with van der Waals surface area (Å²) in [5, 5.41) is 0. The van der Waals surface area contributed by atoms with Crippen LogP contribution in [0.1, 0.15) is 10.4 Å². The average Bonchev–Trinajstić information content (AvgIpc) is 2.07. The van der Waals surface area contributed by atoms with Crippen molar-refractivity contribution in [1.82, 2.24) is 0 Å². The van der Waals surface area contributed by atoms with Crippen molar-refractivity contribution in [2.24, 2.45) is 0 Å². The minimum atomic E-state index is -0.333. The average molecular weight is 168 g/mol. The summed E-state index contributed by atoms with van der Waals surface area (Å²) in [5.41, 5.74) is 0.557. The zero-order valence-corrected chi connectivity index (χ0v) is 6.75. The van der Waals surface area contributed by atoms with Gasteiger partial charge in [0.2, 0.25) is 0 Å². The Morgan fingerprint density at radius 3 is 2.55 bits per heavy atom. The summed E-state index contributed by atoms with van der Waals surface area (Å²) >= 11 is 3.77. The van der Waals surface area contributed by atoms with E-state index >= 15 is 0 Å². The van der Waals surface area contributed by atoms with Gasteiger partial charge in [-0.05, 0) is 12.1 Å². The van der Waals surface area contributed by atoms with Crippen molar-refractivity contribution < 1.29 is 9.53 Å². The van der Waals surface area contributed by atoms with Crippen molar-refractivity contribution in [2.45, 2.75) is 0 Å². The molecule has 11 heavy (non-hydrogen) atoms. The first-order chi connectivity index (χ1) is 5.34. The van der Waals surface area contributed by atoms with Gasteiger partial charge in [0.15, 0.2) is 0 Å². The molecule has 0 amide bonds. The molecule has 0 aromatic heterocycles. The summed E-state index contributed by atoms with van der Waals surface area (Å²) in [5.74, 6) is -0.214. The molecule has 0 unspecified atom stereocenters. The van der Waals surface area contributed by atoms with Crippen molar-refractivity contribution >= 4 is 18.6 Å². The summed E-state index contributed by atoms with van der Waals surface area (Å²) in [6.07, 6.45) is 0. The van der Waals surface area contributed by atoms with Crippen LogP contribution in [0, 0.1) is 0 Å². The fraction of sp³-hybridized carbons (Fsp3) is 0.125. The highest BCUT2D eigenvalue weighted by Gasteiger charge is 2.02. The van der Waals surface area contributed by atoms with E-state index in [9.17, 15) is 4.79 Å². The van der Waals surface area contributed by atoms with E-state index in [0.29, 0.717) is 5.56 Å². The second kappa shape index (κ2) is 4.03. The van der Waals surface area contributed by atoms with Crippen molar-refractivity contribution in [3.63, 3.8) is 0 Å². The largest absolute Gasteiger partial charge is 0.451 e. The van der Waals surface area contributed by atoms with E-state index in [1.807, 2.05) is 6.07 Å². The monoisotopic (exact) mass is 168 g/mol. The Kier molecular flexibility index (Phi) is 2.98. The smallest absolute Gasteiger partial charge is 0.338 e. The van der Waals surface area contributed by atoms with Crippen molar-refractivity contribution in [1.29, 1.82) is 0 Å². The lowest BCUT2D eigenvalue weighted by Gasteiger charge is -1.98. The van der Waals surface area contributed by atoms with Gasteiger partial charge in [-0.15, -0.1) is 12.6 Å². The van der Waals surface area contributed by atoms with Crippen LogP contribution in [0.15, 0.2) is 30.3 Å². The molecular weight excluding hydrogens is 160 g/mol. The normalized spacial score (nSPS) is 9.18. The number of esters is 1. The molecule has 3 heteroatoms. The van der Waals surface area contributed by atoms with Crippen LogP contribution < -0.4 is 0 Å². The molecule has 1 aromatic carbocycles. The van der Waals surface area contributed by atoms with Crippen LogP contribution in [-0.2, 0) is 4.74 Å². The summed E-state index contributed by atoms with van der Waals surface area (Å²) < 4.78 is 4.65. The van der Waals surface area contributed by atoms with Crippen LogP contribution in [0.4, 0.5) is 0 Å². The number of hydrogen-bond acceptors (Lipinski definition) is 3. The predicted molar refractivity (Wildman–Crippen MR) is 45.7 cm³/mol. The third-order valence-electron chi connectivity index (χ3n) is 1.21. The SMILES string of the molecule is O=C(OCS)c1ccccc1. The van der Waals surface area contributed by atoms with Crippen LogP contribution in [0.2, 0.25) is 0 Å². The van der Waals surface area contributed by atoms with Crippen molar-refractivity contribution in [2.75, 3.05) is 5.94 Å². The molecular formula is C8H8O2S. The lowest BCUT2D eigenvalue weighted by molar-refractivity contribution is 0.0581. The Morgan fingerprint density at radius 2 is 2.00 bits per heavy atom. The topological polar surface area (TPSA) is 26.3 Å². The van der Waals surface area contributed by atoms with E-state index in [0.717, 1.165) is 0 Å². The zero-order chi connectivity index (χ0) is 8.10. The predicted octanol–water partition coefficient (Wildman–Crippen LogP) is 1.73. The molecule has 0 saturated carbocycles. The first-order valence-electron chi connectivity index (χ1n) is 3.17. The highest BCUT2D eigenvalue weighted by molar-refractivity contribution is 7.80. The summed E-state index contributed by atoms with van der Waals surface area (Å²) in [6, 6.07) is 8.82. The van der Waals surface area contributed by atoms with E-state index in [1.54, 1.807) is 24.3 Å². The molecule has 0 bridgehead atoms. The Balaban J connectivity index is 2.69. The standard InChI is InChI=1S/C8H8O2S/c9-8(10-6-11)7-4-2-1-3-5-7/h1-5,11H,6H2. The number of carbonyl (C=O) groups excluding carboxylic acids is 1. The quantitative estimate of drug-likeness (QED) is 0.413. The van der Waals surface area contributed by atoms with E-state index < -0.39 is 0 Å². The maximum atomic E-state index is 11.0. The highest BCUT2D eigenvalue weighted by atomic mass is 32.1. The zero-order valence-electron chi connectivity index (χ0n) is 5.86. The lowest BCUT2D eigenvalue weighted by Crippen LogP contribution is -2.02. The molecule has 0 aliphatic heterocycles. The van der Waals surface area contributed by atoms with Gasteiger partial charge in [0.1, 0.15) is 5.94 Å². The fourth-order valence-electron chi connectivity index (χ4n) is 0.716. The van der Waals surface area contributed by atoms with E-state index in [2.05, 4.69) is 17.4 Å². The third-order valence-corrected chi connectivity index (χ3v) is 1.33. The fourth-order valence-corrected chi connectivity index (χ4v) is 0.833. The van der Waals surface area contributed by atoms with Gasteiger partial charge >= 0.3 is 5.97 Å². The van der Waals surface area contributed by atoms with Gasteiger partial charge < -0.3 is 4.74 Å². The first-order valence-corrected chi connectivity index (χ1v) is 3.81. The van der Waals surface area contributed by atoms with Crippen LogP contribution >= 0.6 is 12.6 Å². The van der Waals surface area contributed by atoms with Gasteiger partial charge in [-0.25, -0.2) is 4.79 Å². The summed E-state index contributed by atoms with van der Waals surface area (Å²) in [7, 11) is 0. The number of ether oxygens (including phenoxy) is 1. The molecule has 1 rings (SSSR count). The maximum absolute atomic E-state index is 11.0. The van der Waals surface area contributed by atoms with Crippen LogP contribution in [0.3, 0.4) is 0 Å². The number of rotatable bonds is 2. The van der Waals surface area contributed by atoms with Crippen molar-refractivity contribution in [3.05, 3.63) is 35.9 Å². The van der Waals surface area contributed by atoms with E-state index in [1.165, 1.54) is 0 Å².